The molecule has 0 amide bonds. The molecular weight excluding hydrogens is 271 g/mol. The Kier molecular flexibility index (Phi) is 4.77. The molecule has 0 aliphatic heterocycles. The molecule has 0 radical (unpaired) electrons. The minimum atomic E-state index is -0.462. The summed E-state index contributed by atoms with van der Waals surface area (Å²) in [5, 5.41) is 7.46. The van der Waals surface area contributed by atoms with Crippen molar-refractivity contribution in [3.05, 3.63) is 53.8 Å². The van der Waals surface area contributed by atoms with Crippen molar-refractivity contribution in [3.8, 4) is 17.2 Å². The van der Waals surface area contributed by atoms with Crippen LogP contribution >= 0.6 is 0 Å². The Morgan fingerprint density at radius 3 is 2.43 bits per heavy atom. The van der Waals surface area contributed by atoms with Crippen LogP contribution in [0.25, 0.3) is 0 Å². The first kappa shape index (κ1) is 14.8. The SMILES string of the molecule is CCCOc1ccc(Oc2ccc(F)cc2C(=N)N)cc1. The van der Waals surface area contributed by atoms with Gasteiger partial charge in [0.05, 0.1) is 12.2 Å². The summed E-state index contributed by atoms with van der Waals surface area (Å²) < 4.78 is 24.3. The Labute approximate surface area is 122 Å². The first-order valence-corrected chi connectivity index (χ1v) is 6.65. The van der Waals surface area contributed by atoms with Crippen molar-refractivity contribution in [3.63, 3.8) is 0 Å². The number of halogens is 1. The highest BCUT2D eigenvalue weighted by molar-refractivity contribution is 5.97. The van der Waals surface area contributed by atoms with Gasteiger partial charge in [-0.3, -0.25) is 5.41 Å². The van der Waals surface area contributed by atoms with Gasteiger partial charge in [-0.05, 0) is 48.9 Å². The number of hydrogen-bond acceptors (Lipinski definition) is 3. The molecule has 0 aliphatic rings. The Morgan fingerprint density at radius 1 is 1.14 bits per heavy atom. The van der Waals surface area contributed by atoms with Gasteiger partial charge in [-0.15, -0.1) is 0 Å². The van der Waals surface area contributed by atoms with Gasteiger partial charge >= 0.3 is 0 Å². The highest BCUT2D eigenvalue weighted by atomic mass is 19.1. The van der Waals surface area contributed by atoms with Crippen LogP contribution < -0.4 is 15.2 Å². The normalized spacial score (nSPS) is 10.2. The van der Waals surface area contributed by atoms with Gasteiger partial charge in [0.25, 0.3) is 0 Å². The van der Waals surface area contributed by atoms with Crippen molar-refractivity contribution in [2.24, 2.45) is 5.73 Å². The average Bonchev–Trinajstić information content (AvgIpc) is 2.48. The van der Waals surface area contributed by atoms with Gasteiger partial charge in [0.15, 0.2) is 0 Å². The molecule has 0 saturated heterocycles. The number of nitrogens with one attached hydrogen (secondary N) is 1. The molecule has 0 heterocycles. The fraction of sp³-hybridized carbons (Fsp3) is 0.188. The molecule has 21 heavy (non-hydrogen) atoms. The van der Waals surface area contributed by atoms with Gasteiger partial charge in [0.2, 0.25) is 0 Å². The summed E-state index contributed by atoms with van der Waals surface area (Å²) >= 11 is 0. The Morgan fingerprint density at radius 2 is 1.81 bits per heavy atom. The lowest BCUT2D eigenvalue weighted by Gasteiger charge is -2.11. The summed E-state index contributed by atoms with van der Waals surface area (Å²) in [5.41, 5.74) is 5.66. The Balaban J connectivity index is 2.16. The van der Waals surface area contributed by atoms with Crippen LogP contribution in [0.15, 0.2) is 42.5 Å². The largest absolute Gasteiger partial charge is 0.494 e. The summed E-state index contributed by atoms with van der Waals surface area (Å²) in [6.45, 7) is 2.70. The van der Waals surface area contributed by atoms with Crippen LogP contribution in [0.4, 0.5) is 4.39 Å². The number of rotatable bonds is 6. The summed E-state index contributed by atoms with van der Waals surface area (Å²) in [7, 11) is 0. The predicted octanol–water partition coefficient (Wildman–Crippen LogP) is 3.69. The number of nitrogens with two attached hydrogens (primary N) is 1. The lowest BCUT2D eigenvalue weighted by atomic mass is 10.2. The van der Waals surface area contributed by atoms with Crippen molar-refractivity contribution >= 4 is 5.84 Å². The second-order valence-electron chi connectivity index (χ2n) is 4.48. The highest BCUT2D eigenvalue weighted by Gasteiger charge is 2.09. The zero-order valence-electron chi connectivity index (χ0n) is 11.7. The molecular formula is C16H17FN2O2. The minimum absolute atomic E-state index is 0.223. The molecule has 3 N–H and O–H groups in total. The maximum atomic E-state index is 13.2. The molecule has 0 aromatic heterocycles. The predicted molar refractivity (Wildman–Crippen MR) is 79.7 cm³/mol. The van der Waals surface area contributed by atoms with Crippen LogP contribution in [0.3, 0.4) is 0 Å². The third-order valence-corrected chi connectivity index (χ3v) is 2.76. The van der Waals surface area contributed by atoms with Gasteiger partial charge in [0, 0.05) is 0 Å². The van der Waals surface area contributed by atoms with Crippen molar-refractivity contribution < 1.29 is 13.9 Å². The molecule has 110 valence electrons. The molecule has 0 aliphatic carbocycles. The van der Waals surface area contributed by atoms with Crippen LogP contribution in [0.2, 0.25) is 0 Å². The van der Waals surface area contributed by atoms with Crippen LogP contribution in [0.1, 0.15) is 18.9 Å². The molecule has 0 atom stereocenters. The third-order valence-electron chi connectivity index (χ3n) is 2.76. The first-order valence-electron chi connectivity index (χ1n) is 6.65. The van der Waals surface area contributed by atoms with Crippen LogP contribution in [0.5, 0.6) is 17.2 Å². The number of ether oxygens (including phenoxy) is 2. The molecule has 5 heteroatoms. The number of hydrogen-bond donors (Lipinski definition) is 2. The van der Waals surface area contributed by atoms with Gasteiger partial charge < -0.3 is 15.2 Å². The number of amidine groups is 1. The van der Waals surface area contributed by atoms with E-state index >= 15 is 0 Å². The molecule has 0 fully saturated rings. The average molecular weight is 288 g/mol. The highest BCUT2D eigenvalue weighted by Crippen LogP contribution is 2.27. The molecule has 2 aromatic rings. The van der Waals surface area contributed by atoms with Gasteiger partial charge in [-0.2, -0.15) is 0 Å². The van der Waals surface area contributed by atoms with E-state index in [0.717, 1.165) is 12.2 Å². The standard InChI is InChI=1S/C16H17FN2O2/c1-2-9-20-12-4-6-13(7-5-12)21-15-8-3-11(17)10-14(15)16(18)19/h3-8,10H,2,9H2,1H3,(H3,18,19). The lowest BCUT2D eigenvalue weighted by molar-refractivity contribution is 0.317. The summed E-state index contributed by atoms with van der Waals surface area (Å²) in [4.78, 5) is 0. The maximum Gasteiger partial charge on any atom is 0.138 e. The van der Waals surface area contributed by atoms with E-state index in [9.17, 15) is 4.39 Å². The monoisotopic (exact) mass is 288 g/mol. The summed E-state index contributed by atoms with van der Waals surface area (Å²) in [6.07, 6.45) is 0.940. The van der Waals surface area contributed by atoms with E-state index in [1.165, 1.54) is 18.2 Å². The van der Waals surface area contributed by atoms with E-state index in [-0.39, 0.29) is 11.4 Å². The zero-order chi connectivity index (χ0) is 15.2. The first-order chi connectivity index (χ1) is 10.1. The van der Waals surface area contributed by atoms with Crippen molar-refractivity contribution in [2.45, 2.75) is 13.3 Å². The molecule has 2 aromatic carbocycles. The van der Waals surface area contributed by atoms with Crippen molar-refractivity contribution in [1.82, 2.24) is 0 Å². The van der Waals surface area contributed by atoms with E-state index in [1.54, 1.807) is 24.3 Å². The molecule has 2 rings (SSSR count). The van der Waals surface area contributed by atoms with E-state index < -0.39 is 5.82 Å². The molecule has 0 spiro atoms. The fourth-order valence-corrected chi connectivity index (χ4v) is 1.75. The van der Waals surface area contributed by atoms with Crippen molar-refractivity contribution in [1.29, 1.82) is 5.41 Å². The van der Waals surface area contributed by atoms with Gasteiger partial charge in [-0.1, -0.05) is 6.92 Å². The second kappa shape index (κ2) is 6.74. The molecule has 0 unspecified atom stereocenters. The smallest absolute Gasteiger partial charge is 0.138 e. The van der Waals surface area contributed by atoms with Crippen molar-refractivity contribution in [2.75, 3.05) is 6.61 Å². The lowest BCUT2D eigenvalue weighted by Crippen LogP contribution is -2.12. The van der Waals surface area contributed by atoms with E-state index in [0.29, 0.717) is 18.1 Å². The third kappa shape index (κ3) is 3.95. The molecule has 0 saturated carbocycles. The van der Waals surface area contributed by atoms with Gasteiger partial charge in [-0.25, -0.2) is 4.39 Å². The summed E-state index contributed by atoms with van der Waals surface area (Å²) in [6, 6.07) is 11.0. The Bertz CT molecular complexity index is 627. The number of nitrogen functional groups attached to an aromatic ring is 1. The van der Waals surface area contributed by atoms with E-state index in [2.05, 4.69) is 0 Å². The molecule has 4 nitrogen and oxygen atoms in total. The molecule has 0 bridgehead atoms. The Hall–Kier alpha value is -2.56. The maximum absolute atomic E-state index is 13.2. The summed E-state index contributed by atoms with van der Waals surface area (Å²) in [5.74, 6) is 0.956. The van der Waals surface area contributed by atoms with Crippen LogP contribution in [0, 0.1) is 11.2 Å². The van der Waals surface area contributed by atoms with Gasteiger partial charge in [0.1, 0.15) is 28.9 Å². The fourth-order valence-electron chi connectivity index (χ4n) is 1.75. The topological polar surface area (TPSA) is 68.3 Å². The zero-order valence-corrected chi connectivity index (χ0v) is 11.7. The van der Waals surface area contributed by atoms with E-state index in [4.69, 9.17) is 20.6 Å². The minimum Gasteiger partial charge on any atom is -0.494 e. The quantitative estimate of drug-likeness (QED) is 0.629. The number of benzene rings is 2. The van der Waals surface area contributed by atoms with Crippen LogP contribution in [-0.4, -0.2) is 12.4 Å². The van der Waals surface area contributed by atoms with E-state index in [1.807, 2.05) is 6.92 Å². The van der Waals surface area contributed by atoms with Crippen LogP contribution in [-0.2, 0) is 0 Å². The second-order valence-corrected chi connectivity index (χ2v) is 4.48.